The second-order valence-corrected chi connectivity index (χ2v) is 6.91. The normalized spacial score (nSPS) is 15.4. The maximum absolute atomic E-state index is 12.6. The zero-order chi connectivity index (χ0) is 17.8. The van der Waals surface area contributed by atoms with Crippen molar-refractivity contribution < 1.29 is 9.53 Å². The van der Waals surface area contributed by atoms with Crippen molar-refractivity contribution in [2.75, 3.05) is 20.2 Å². The van der Waals surface area contributed by atoms with Crippen molar-refractivity contribution in [1.29, 1.82) is 0 Å². The highest BCUT2D eigenvalue weighted by Crippen LogP contribution is 2.22. The highest BCUT2D eigenvalue weighted by atomic mass is 16.5. The third kappa shape index (κ3) is 4.21. The van der Waals surface area contributed by atoms with Gasteiger partial charge in [-0.05, 0) is 50.3 Å². The Balaban J connectivity index is 1.52. The number of likely N-dealkylation sites (tertiary alicyclic amines) is 1. The van der Waals surface area contributed by atoms with E-state index in [1.165, 1.54) is 5.69 Å². The number of piperidine rings is 1. The van der Waals surface area contributed by atoms with Crippen molar-refractivity contribution in [2.24, 2.45) is 5.92 Å². The van der Waals surface area contributed by atoms with Gasteiger partial charge in [-0.15, -0.1) is 0 Å². The fourth-order valence-corrected chi connectivity index (χ4v) is 3.55. The Labute approximate surface area is 149 Å². The van der Waals surface area contributed by atoms with Crippen LogP contribution in [0, 0.1) is 19.8 Å². The molecule has 0 saturated carbocycles. The van der Waals surface area contributed by atoms with Crippen molar-refractivity contribution in [3.05, 3.63) is 47.5 Å². The van der Waals surface area contributed by atoms with Crippen molar-refractivity contribution in [1.82, 2.24) is 14.5 Å². The number of benzene rings is 1. The van der Waals surface area contributed by atoms with Gasteiger partial charge in [0.15, 0.2) is 0 Å². The van der Waals surface area contributed by atoms with E-state index in [0.717, 1.165) is 49.6 Å². The molecule has 0 unspecified atom stereocenters. The fraction of sp³-hybridized carbons (Fsp3) is 0.500. The molecule has 2 aromatic rings. The lowest BCUT2D eigenvalue weighted by molar-refractivity contribution is -0.131. The van der Waals surface area contributed by atoms with Gasteiger partial charge in [-0.1, -0.05) is 12.1 Å². The van der Waals surface area contributed by atoms with E-state index in [0.29, 0.717) is 12.3 Å². The maximum atomic E-state index is 12.6. The van der Waals surface area contributed by atoms with E-state index in [9.17, 15) is 4.79 Å². The molecule has 1 aliphatic rings. The number of imidazole rings is 1. The first-order valence-corrected chi connectivity index (χ1v) is 8.96. The summed E-state index contributed by atoms with van der Waals surface area (Å²) in [5.74, 6) is 2.71. The van der Waals surface area contributed by atoms with E-state index in [4.69, 9.17) is 4.74 Å². The Bertz CT molecular complexity index is 711. The van der Waals surface area contributed by atoms with Gasteiger partial charge in [-0.3, -0.25) is 4.79 Å². The molecular weight excluding hydrogens is 314 g/mol. The van der Waals surface area contributed by atoms with Crippen molar-refractivity contribution >= 4 is 5.91 Å². The van der Waals surface area contributed by atoms with Crippen molar-refractivity contribution in [3.63, 3.8) is 0 Å². The minimum atomic E-state index is 0.210. The fourth-order valence-electron chi connectivity index (χ4n) is 3.55. The van der Waals surface area contributed by atoms with E-state index in [1.807, 2.05) is 35.4 Å². The summed E-state index contributed by atoms with van der Waals surface area (Å²) in [5.41, 5.74) is 2.23. The molecule has 0 bridgehead atoms. The van der Waals surface area contributed by atoms with Gasteiger partial charge in [-0.25, -0.2) is 4.98 Å². The van der Waals surface area contributed by atoms with E-state index < -0.39 is 0 Å². The first kappa shape index (κ1) is 17.5. The lowest BCUT2D eigenvalue weighted by atomic mass is 9.96. The standard InChI is InChI=1S/C20H27N3O2/c1-15-13-21-16(2)23(15)14-17-7-9-22(10-8-17)20(24)12-18-5-4-6-19(11-18)25-3/h4-6,11,13,17H,7-10,12,14H2,1-3H3. The molecule has 2 heterocycles. The van der Waals surface area contributed by atoms with E-state index >= 15 is 0 Å². The van der Waals surface area contributed by atoms with Crippen molar-refractivity contribution in [2.45, 2.75) is 39.7 Å². The molecule has 1 amide bonds. The number of hydrogen-bond donors (Lipinski definition) is 0. The molecule has 1 fully saturated rings. The van der Waals surface area contributed by atoms with Gasteiger partial charge in [0.05, 0.1) is 13.5 Å². The van der Waals surface area contributed by atoms with Gasteiger partial charge in [0, 0.05) is 31.5 Å². The summed E-state index contributed by atoms with van der Waals surface area (Å²) in [7, 11) is 1.65. The third-order valence-corrected chi connectivity index (χ3v) is 5.15. The van der Waals surface area contributed by atoms with E-state index in [2.05, 4.69) is 23.4 Å². The van der Waals surface area contributed by atoms with E-state index in [-0.39, 0.29) is 5.91 Å². The molecule has 0 radical (unpaired) electrons. The number of carbonyl (C=O) groups excluding carboxylic acids is 1. The lowest BCUT2D eigenvalue weighted by Crippen LogP contribution is -2.40. The van der Waals surface area contributed by atoms with Gasteiger partial charge >= 0.3 is 0 Å². The number of ether oxygens (including phenoxy) is 1. The largest absolute Gasteiger partial charge is 0.497 e. The molecule has 0 atom stereocenters. The minimum absolute atomic E-state index is 0.210. The third-order valence-electron chi connectivity index (χ3n) is 5.15. The van der Waals surface area contributed by atoms with Crippen LogP contribution < -0.4 is 4.74 Å². The molecule has 0 N–H and O–H groups in total. The SMILES string of the molecule is COc1cccc(CC(=O)N2CCC(Cn3c(C)cnc3C)CC2)c1. The second kappa shape index (κ2) is 7.72. The second-order valence-electron chi connectivity index (χ2n) is 6.91. The highest BCUT2D eigenvalue weighted by molar-refractivity contribution is 5.79. The summed E-state index contributed by atoms with van der Waals surface area (Å²) >= 11 is 0. The molecule has 1 saturated heterocycles. The van der Waals surface area contributed by atoms with Crippen LogP contribution in [-0.4, -0.2) is 40.6 Å². The zero-order valence-electron chi connectivity index (χ0n) is 15.4. The lowest BCUT2D eigenvalue weighted by Gasteiger charge is -2.32. The van der Waals surface area contributed by atoms with Crippen LogP contribution in [0.4, 0.5) is 0 Å². The average molecular weight is 341 g/mol. The number of methoxy groups -OCH3 is 1. The number of rotatable bonds is 5. The monoisotopic (exact) mass is 341 g/mol. The molecule has 3 rings (SSSR count). The molecule has 5 nitrogen and oxygen atoms in total. The smallest absolute Gasteiger partial charge is 0.226 e. The topological polar surface area (TPSA) is 47.4 Å². The predicted octanol–water partition coefficient (Wildman–Crippen LogP) is 2.99. The zero-order valence-corrected chi connectivity index (χ0v) is 15.4. The van der Waals surface area contributed by atoms with Gasteiger partial charge in [0.2, 0.25) is 5.91 Å². The molecule has 134 valence electrons. The Morgan fingerprint density at radius 3 is 2.68 bits per heavy atom. The molecule has 5 heteroatoms. The predicted molar refractivity (Wildman–Crippen MR) is 97.7 cm³/mol. The van der Waals surface area contributed by atoms with Gasteiger partial charge in [0.1, 0.15) is 11.6 Å². The van der Waals surface area contributed by atoms with Crippen LogP contribution in [0.1, 0.15) is 29.9 Å². The summed E-state index contributed by atoms with van der Waals surface area (Å²) in [4.78, 5) is 18.9. The molecule has 1 aromatic carbocycles. The summed E-state index contributed by atoms with van der Waals surface area (Å²) < 4.78 is 7.52. The molecule has 0 aliphatic carbocycles. The Morgan fingerprint density at radius 2 is 2.04 bits per heavy atom. The van der Waals surface area contributed by atoms with Crippen LogP contribution in [0.25, 0.3) is 0 Å². The van der Waals surface area contributed by atoms with E-state index in [1.54, 1.807) is 7.11 Å². The van der Waals surface area contributed by atoms with Crippen LogP contribution in [0.2, 0.25) is 0 Å². The summed E-state index contributed by atoms with van der Waals surface area (Å²) in [6.45, 7) is 6.86. The van der Waals surface area contributed by atoms with Gasteiger partial charge in [-0.2, -0.15) is 0 Å². The van der Waals surface area contributed by atoms with Gasteiger partial charge < -0.3 is 14.2 Å². The Kier molecular flexibility index (Phi) is 5.41. The maximum Gasteiger partial charge on any atom is 0.226 e. The molecular formula is C20H27N3O2. The number of aryl methyl sites for hydroxylation is 2. The number of carbonyl (C=O) groups is 1. The summed E-state index contributed by atoms with van der Waals surface area (Å²) in [6, 6.07) is 7.76. The first-order valence-electron chi connectivity index (χ1n) is 8.96. The number of nitrogens with zero attached hydrogens (tertiary/aromatic N) is 3. The average Bonchev–Trinajstić information content (AvgIpc) is 2.94. The summed E-state index contributed by atoms with van der Waals surface area (Å²) in [5, 5.41) is 0. The van der Waals surface area contributed by atoms with Gasteiger partial charge in [0.25, 0.3) is 0 Å². The molecule has 25 heavy (non-hydrogen) atoms. The quantitative estimate of drug-likeness (QED) is 0.840. The highest BCUT2D eigenvalue weighted by Gasteiger charge is 2.23. The Hall–Kier alpha value is -2.30. The minimum Gasteiger partial charge on any atom is -0.497 e. The van der Waals surface area contributed by atoms with Crippen LogP contribution >= 0.6 is 0 Å². The molecule has 0 spiro atoms. The van der Waals surface area contributed by atoms with Crippen LogP contribution in [-0.2, 0) is 17.8 Å². The van der Waals surface area contributed by atoms with Crippen molar-refractivity contribution in [3.8, 4) is 5.75 Å². The Morgan fingerprint density at radius 1 is 1.28 bits per heavy atom. The van der Waals surface area contributed by atoms with Crippen LogP contribution in [0.3, 0.4) is 0 Å². The first-order chi connectivity index (χ1) is 12.1. The number of hydrogen-bond acceptors (Lipinski definition) is 3. The summed E-state index contributed by atoms with van der Waals surface area (Å²) in [6.07, 6.45) is 4.49. The number of amides is 1. The van der Waals surface area contributed by atoms with Crippen LogP contribution in [0.15, 0.2) is 30.5 Å². The van der Waals surface area contributed by atoms with Crippen LogP contribution in [0.5, 0.6) is 5.75 Å². The molecule has 1 aliphatic heterocycles. The molecule has 1 aromatic heterocycles. The number of aromatic nitrogens is 2.